The zero-order valence-electron chi connectivity index (χ0n) is 23.1. The fraction of sp³-hybridized carbons (Fsp3) is 0.300. The number of aromatic amines is 1. The van der Waals surface area contributed by atoms with Crippen LogP contribution in [-0.4, -0.2) is 60.3 Å². The van der Waals surface area contributed by atoms with Gasteiger partial charge in [0.25, 0.3) is 10.0 Å². The fourth-order valence-electron chi connectivity index (χ4n) is 6.21. The van der Waals surface area contributed by atoms with E-state index in [1.54, 1.807) is 69.6 Å². The Morgan fingerprint density at radius 3 is 2.41 bits per heavy atom. The molecular weight excluding hydrogens is 544 g/mol. The zero-order valence-corrected chi connectivity index (χ0v) is 23.9. The van der Waals surface area contributed by atoms with Gasteiger partial charge in [0.2, 0.25) is 0 Å². The van der Waals surface area contributed by atoms with Crippen LogP contribution >= 0.6 is 0 Å². The number of carbonyl (C=O) groups excluding carboxylic acids is 2. The Hall–Kier alpha value is -4.38. The van der Waals surface area contributed by atoms with Crippen molar-refractivity contribution >= 4 is 38.8 Å². The van der Waals surface area contributed by atoms with E-state index in [9.17, 15) is 18.0 Å². The molecule has 0 saturated carbocycles. The van der Waals surface area contributed by atoms with E-state index < -0.39 is 45.3 Å². The molecule has 1 amide bonds. The molecule has 41 heavy (non-hydrogen) atoms. The third-order valence-corrected chi connectivity index (χ3v) is 9.49. The quantitative estimate of drug-likeness (QED) is 0.355. The van der Waals surface area contributed by atoms with Gasteiger partial charge in [-0.1, -0.05) is 36.4 Å². The number of hydrogen-bond donors (Lipinski definition) is 1. The zero-order chi connectivity index (χ0) is 29.2. The van der Waals surface area contributed by atoms with Crippen LogP contribution in [0.25, 0.3) is 11.0 Å². The number of likely N-dealkylation sites (tertiary alicyclic amines) is 1. The van der Waals surface area contributed by atoms with Gasteiger partial charge in [-0.05, 0) is 68.7 Å². The molecule has 2 aromatic carbocycles. The highest BCUT2D eigenvalue weighted by molar-refractivity contribution is 7.92. The van der Waals surface area contributed by atoms with E-state index >= 15 is 0 Å². The number of rotatable bonds is 4. The molecule has 1 saturated heterocycles. The summed E-state index contributed by atoms with van der Waals surface area (Å²) in [4.78, 5) is 36.3. The third kappa shape index (κ3) is 3.98. The number of sulfonamides is 1. The highest BCUT2D eigenvalue weighted by Gasteiger charge is 2.68. The summed E-state index contributed by atoms with van der Waals surface area (Å²) in [5.41, 5.74) is 0.301. The van der Waals surface area contributed by atoms with Crippen molar-refractivity contribution in [2.24, 2.45) is 0 Å². The Labute approximate surface area is 237 Å². The number of pyridine rings is 1. The first kappa shape index (κ1) is 26.8. The normalized spacial score (nSPS) is 22.0. The molecule has 4 heterocycles. The van der Waals surface area contributed by atoms with Crippen molar-refractivity contribution in [2.75, 3.05) is 11.4 Å². The highest BCUT2D eigenvalue weighted by Crippen LogP contribution is 2.60. The lowest BCUT2D eigenvalue weighted by Crippen LogP contribution is -2.57. The van der Waals surface area contributed by atoms with Gasteiger partial charge in [-0.3, -0.25) is 4.90 Å². The molecule has 0 spiro atoms. The van der Waals surface area contributed by atoms with E-state index in [0.717, 1.165) is 5.39 Å². The molecule has 0 radical (unpaired) electrons. The highest BCUT2D eigenvalue weighted by atomic mass is 32.2. The number of para-hydroxylation sites is 1. The lowest BCUT2D eigenvalue weighted by atomic mass is 9.72. The molecule has 1 fully saturated rings. The van der Waals surface area contributed by atoms with Crippen LogP contribution in [0.5, 0.6) is 0 Å². The second-order valence-electron chi connectivity index (χ2n) is 11.2. The maximum absolute atomic E-state index is 14.5. The number of amides is 1. The summed E-state index contributed by atoms with van der Waals surface area (Å²) >= 11 is 0. The fourth-order valence-corrected chi connectivity index (χ4v) is 7.91. The smallest absolute Gasteiger partial charge is 0.412 e. The number of fused-ring (bicyclic) bond motifs is 4. The first-order valence-electron chi connectivity index (χ1n) is 13.2. The van der Waals surface area contributed by atoms with E-state index in [1.165, 1.54) is 28.4 Å². The van der Waals surface area contributed by atoms with Crippen molar-refractivity contribution in [1.29, 1.82) is 0 Å². The molecule has 2 aliphatic rings. The van der Waals surface area contributed by atoms with Crippen LogP contribution < -0.4 is 4.31 Å². The minimum Gasteiger partial charge on any atom is -0.467 e. The molecule has 0 bridgehead atoms. The number of methoxy groups -OCH3 is 1. The van der Waals surface area contributed by atoms with Gasteiger partial charge in [0.1, 0.15) is 23.5 Å². The van der Waals surface area contributed by atoms with Gasteiger partial charge in [0.15, 0.2) is 0 Å². The largest absolute Gasteiger partial charge is 0.467 e. The van der Waals surface area contributed by atoms with Gasteiger partial charge >= 0.3 is 12.1 Å². The molecule has 1 N–H and O–H groups in total. The number of aromatic nitrogens is 2. The summed E-state index contributed by atoms with van der Waals surface area (Å²) in [6.45, 7) is 5.15. The van der Waals surface area contributed by atoms with E-state index in [4.69, 9.17) is 9.47 Å². The Bertz CT molecular complexity index is 1760. The van der Waals surface area contributed by atoms with Crippen LogP contribution in [0.4, 0.5) is 10.5 Å². The summed E-state index contributed by atoms with van der Waals surface area (Å²) in [6, 6.07) is 17.8. The molecule has 11 heteroatoms. The van der Waals surface area contributed by atoms with Crippen LogP contribution in [0, 0.1) is 0 Å². The molecule has 2 aromatic heterocycles. The second kappa shape index (κ2) is 9.34. The predicted molar refractivity (Wildman–Crippen MR) is 152 cm³/mol. The first-order valence-corrected chi connectivity index (χ1v) is 14.7. The average molecular weight is 575 g/mol. The second-order valence-corrected chi connectivity index (χ2v) is 13.0. The standard InChI is InChI=1S/C30H30N4O6S/c1-29(2,3)40-28(36)33-24(26(35)39-4)17-30(22-18-32-25-20(22)13-10-16-31-25)21-14-8-9-15-23(21)34(27(30)33)41(37,38)19-11-6-5-7-12-19/h5-16,18,24,27H,17H2,1-4H3,(H,31,32)/t24-,27-,30+/m0/s1. The van der Waals surface area contributed by atoms with Crippen molar-refractivity contribution in [3.05, 3.63) is 90.3 Å². The van der Waals surface area contributed by atoms with Gasteiger partial charge in [-0.25, -0.2) is 27.3 Å². The number of nitrogens with one attached hydrogen (secondary N) is 1. The van der Waals surface area contributed by atoms with Gasteiger partial charge in [0, 0.05) is 17.8 Å². The van der Waals surface area contributed by atoms with Gasteiger partial charge in [0.05, 0.1) is 23.1 Å². The Balaban J connectivity index is 1.70. The van der Waals surface area contributed by atoms with E-state index in [1.807, 2.05) is 18.2 Å². The molecular formula is C30H30N4O6S. The maximum atomic E-state index is 14.5. The molecule has 0 aliphatic carbocycles. The summed E-state index contributed by atoms with van der Waals surface area (Å²) < 4.78 is 41.3. The Morgan fingerprint density at radius 2 is 1.71 bits per heavy atom. The summed E-state index contributed by atoms with van der Waals surface area (Å²) in [5, 5.41) is 0.751. The van der Waals surface area contributed by atoms with Gasteiger partial charge < -0.3 is 14.5 Å². The molecule has 4 aromatic rings. The maximum Gasteiger partial charge on any atom is 0.412 e. The minimum atomic E-state index is -4.25. The van der Waals surface area contributed by atoms with Crippen molar-refractivity contribution < 1.29 is 27.5 Å². The number of carbonyl (C=O) groups is 2. The van der Waals surface area contributed by atoms with Gasteiger partial charge in [-0.2, -0.15) is 0 Å². The average Bonchev–Trinajstić information content (AvgIpc) is 3.60. The number of nitrogens with zero attached hydrogens (tertiary/aromatic N) is 3. The Morgan fingerprint density at radius 1 is 1.00 bits per heavy atom. The monoisotopic (exact) mass is 574 g/mol. The van der Waals surface area contributed by atoms with Crippen molar-refractivity contribution in [2.45, 2.75) is 55.3 Å². The lowest BCUT2D eigenvalue weighted by Gasteiger charge is -2.38. The van der Waals surface area contributed by atoms with Crippen LogP contribution in [0.2, 0.25) is 0 Å². The third-order valence-electron chi connectivity index (χ3n) is 7.71. The molecule has 2 aliphatic heterocycles. The molecule has 212 valence electrons. The number of anilines is 1. The minimum absolute atomic E-state index is 0.0526. The molecule has 3 atom stereocenters. The van der Waals surface area contributed by atoms with E-state index in [0.29, 0.717) is 22.5 Å². The van der Waals surface area contributed by atoms with Crippen LogP contribution in [0.3, 0.4) is 0 Å². The summed E-state index contributed by atoms with van der Waals surface area (Å²) in [6.07, 6.45) is 1.49. The lowest BCUT2D eigenvalue weighted by molar-refractivity contribution is -0.146. The number of ether oxygens (including phenoxy) is 2. The molecule has 6 rings (SSSR count). The number of esters is 1. The van der Waals surface area contributed by atoms with E-state index in [2.05, 4.69) is 9.97 Å². The van der Waals surface area contributed by atoms with Crippen molar-refractivity contribution in [1.82, 2.24) is 14.9 Å². The number of benzene rings is 2. The number of H-pyrrole nitrogens is 1. The topological polar surface area (TPSA) is 122 Å². The van der Waals surface area contributed by atoms with Crippen LogP contribution in [0.1, 0.15) is 38.3 Å². The van der Waals surface area contributed by atoms with E-state index in [-0.39, 0.29) is 11.3 Å². The van der Waals surface area contributed by atoms with Crippen LogP contribution in [-0.2, 0) is 29.7 Å². The van der Waals surface area contributed by atoms with Crippen LogP contribution in [0.15, 0.2) is 84.0 Å². The number of hydrogen-bond acceptors (Lipinski definition) is 7. The predicted octanol–water partition coefficient (Wildman–Crippen LogP) is 4.57. The van der Waals surface area contributed by atoms with Crippen molar-refractivity contribution in [3.8, 4) is 0 Å². The molecule has 0 unspecified atom stereocenters. The summed E-state index contributed by atoms with van der Waals surface area (Å²) in [5.74, 6) is -0.669. The SMILES string of the molecule is COC(=O)[C@@H]1C[C@]2(c3c[nH]c4ncccc34)c3ccccc3N(S(=O)(=O)c3ccccc3)[C@@H]2N1C(=O)OC(C)(C)C. The van der Waals surface area contributed by atoms with Crippen molar-refractivity contribution in [3.63, 3.8) is 0 Å². The van der Waals surface area contributed by atoms with Gasteiger partial charge in [-0.15, -0.1) is 0 Å². The first-order chi connectivity index (χ1) is 19.5. The summed E-state index contributed by atoms with van der Waals surface area (Å²) in [7, 11) is -3.00. The Kier molecular flexibility index (Phi) is 6.11. The molecule has 10 nitrogen and oxygen atoms in total.